The molecule has 2 aromatic carbocycles. The van der Waals surface area contributed by atoms with Crippen molar-refractivity contribution < 1.29 is 28.3 Å². The number of benzene rings is 2. The average molecular weight is 478 g/mol. The lowest BCUT2D eigenvalue weighted by molar-refractivity contribution is -0.607. The molecule has 0 bridgehead atoms. The van der Waals surface area contributed by atoms with Crippen LogP contribution in [0.4, 0.5) is 4.39 Å². The molecule has 7 nitrogen and oxygen atoms in total. The molecule has 1 aliphatic heterocycles. The Bertz CT molecular complexity index is 901. The highest BCUT2D eigenvalue weighted by molar-refractivity contribution is 6.99. The second kappa shape index (κ2) is 9.59. The van der Waals surface area contributed by atoms with Crippen LogP contribution < -0.4 is 10.4 Å². The van der Waals surface area contributed by atoms with Gasteiger partial charge in [-0.25, -0.2) is 4.39 Å². The van der Waals surface area contributed by atoms with E-state index in [2.05, 4.69) is 20.8 Å². The molecule has 0 spiro atoms. The summed E-state index contributed by atoms with van der Waals surface area (Å²) in [4.78, 5) is 11.2. The molecule has 180 valence electrons. The number of methoxy groups -OCH3 is 1. The lowest BCUT2D eigenvalue weighted by atomic mass is 9.83. The molecule has 1 saturated heterocycles. The molecular formula is C24H32FNO6Si. The van der Waals surface area contributed by atoms with Crippen LogP contribution in [0.5, 0.6) is 0 Å². The number of halogens is 1. The zero-order chi connectivity index (χ0) is 24.4. The molecule has 0 unspecified atom stereocenters. The van der Waals surface area contributed by atoms with Gasteiger partial charge in [-0.15, -0.1) is 0 Å². The fraction of sp³-hybridized carbons (Fsp3) is 0.500. The highest BCUT2D eigenvalue weighted by Crippen LogP contribution is 2.39. The van der Waals surface area contributed by atoms with Gasteiger partial charge in [-0.2, -0.15) is 0 Å². The van der Waals surface area contributed by atoms with Crippen molar-refractivity contribution in [2.75, 3.05) is 13.7 Å². The summed E-state index contributed by atoms with van der Waals surface area (Å²) < 4.78 is 31.9. The lowest BCUT2D eigenvalue weighted by Crippen LogP contribution is -2.71. The highest BCUT2D eigenvalue weighted by atomic mass is 28.4. The number of ether oxygens (including phenoxy) is 2. The van der Waals surface area contributed by atoms with Gasteiger partial charge in [-0.3, -0.25) is 10.1 Å². The van der Waals surface area contributed by atoms with Crippen LogP contribution in [0.25, 0.3) is 0 Å². The first-order valence-corrected chi connectivity index (χ1v) is 12.8. The van der Waals surface area contributed by atoms with Crippen LogP contribution in [0, 0.1) is 10.1 Å². The first-order chi connectivity index (χ1) is 15.5. The summed E-state index contributed by atoms with van der Waals surface area (Å²) in [5.41, 5.74) is -2.09. The Kier molecular flexibility index (Phi) is 7.40. The van der Waals surface area contributed by atoms with E-state index < -0.39 is 43.4 Å². The fourth-order valence-electron chi connectivity index (χ4n) is 4.78. The Labute approximate surface area is 194 Å². The van der Waals surface area contributed by atoms with Crippen LogP contribution in [0.3, 0.4) is 0 Å². The first kappa shape index (κ1) is 25.4. The van der Waals surface area contributed by atoms with E-state index in [0.29, 0.717) is 0 Å². The fourth-order valence-corrected chi connectivity index (χ4v) is 9.35. The van der Waals surface area contributed by atoms with E-state index in [9.17, 15) is 19.6 Å². The first-order valence-electron chi connectivity index (χ1n) is 10.9. The summed E-state index contributed by atoms with van der Waals surface area (Å²) in [6.45, 7) is 7.21. The van der Waals surface area contributed by atoms with Crippen molar-refractivity contribution in [2.24, 2.45) is 0 Å². The minimum absolute atomic E-state index is 0.214. The van der Waals surface area contributed by atoms with E-state index in [0.717, 1.165) is 17.5 Å². The van der Waals surface area contributed by atoms with Crippen molar-refractivity contribution >= 4 is 18.7 Å². The van der Waals surface area contributed by atoms with E-state index in [1.807, 2.05) is 60.7 Å². The number of aliphatic hydroxyl groups excluding tert-OH is 1. The average Bonchev–Trinajstić information content (AvgIpc) is 2.78. The Balaban J connectivity index is 2.04. The molecule has 0 radical (unpaired) electrons. The van der Waals surface area contributed by atoms with Crippen LogP contribution in [0.15, 0.2) is 60.7 Å². The standard InChI is InChI=1S/C24H32FNO6Si/c1-23(2,3)33(17-12-8-6-9-13-17,18-14-10-7-11-15-18)31-16-19-20(27)24(4,26(28)29)21(30-5)22(25)32-19/h6-15,19-22,27H,16H2,1-5H3/t19-,20-,21-,22-,24-/m0/s1. The summed E-state index contributed by atoms with van der Waals surface area (Å²) in [7, 11) is -1.84. The molecule has 9 heteroatoms. The van der Waals surface area contributed by atoms with Gasteiger partial charge in [0.1, 0.15) is 6.10 Å². The number of nitro groups is 1. The van der Waals surface area contributed by atoms with E-state index in [-0.39, 0.29) is 11.6 Å². The zero-order valence-corrected chi connectivity index (χ0v) is 20.6. The lowest BCUT2D eigenvalue weighted by Gasteiger charge is -2.46. The molecule has 3 rings (SSSR count). The molecule has 0 saturated carbocycles. The Morgan fingerprint density at radius 1 is 1.12 bits per heavy atom. The van der Waals surface area contributed by atoms with Gasteiger partial charge in [0.2, 0.25) is 6.36 Å². The van der Waals surface area contributed by atoms with Gasteiger partial charge in [-0.1, -0.05) is 81.4 Å². The van der Waals surface area contributed by atoms with Gasteiger partial charge in [0.15, 0.2) is 12.2 Å². The van der Waals surface area contributed by atoms with Gasteiger partial charge in [0.05, 0.1) is 6.61 Å². The maximum Gasteiger partial charge on any atom is 0.278 e. The third-order valence-electron chi connectivity index (χ3n) is 6.60. The van der Waals surface area contributed by atoms with Crippen LogP contribution in [0.1, 0.15) is 27.7 Å². The van der Waals surface area contributed by atoms with Crippen molar-refractivity contribution in [3.63, 3.8) is 0 Å². The van der Waals surface area contributed by atoms with Crippen molar-refractivity contribution in [1.82, 2.24) is 0 Å². The molecule has 0 aliphatic carbocycles. The highest BCUT2D eigenvalue weighted by Gasteiger charge is 2.64. The molecule has 0 aromatic heterocycles. The number of aliphatic hydroxyl groups is 1. The van der Waals surface area contributed by atoms with Crippen LogP contribution in [-0.4, -0.2) is 62.3 Å². The predicted molar refractivity (Wildman–Crippen MR) is 126 cm³/mol. The minimum atomic E-state index is -3.00. The minimum Gasteiger partial charge on any atom is -0.405 e. The maximum absolute atomic E-state index is 14.8. The Morgan fingerprint density at radius 3 is 2.00 bits per heavy atom. The summed E-state index contributed by atoms with van der Waals surface area (Å²) in [5, 5.41) is 24.4. The molecular weight excluding hydrogens is 445 g/mol. The quantitative estimate of drug-likeness (QED) is 0.375. The number of nitrogens with zero attached hydrogens (tertiary/aromatic N) is 1. The monoisotopic (exact) mass is 477 g/mol. The van der Waals surface area contributed by atoms with E-state index in [1.165, 1.54) is 6.92 Å². The number of hydrogen-bond acceptors (Lipinski definition) is 6. The molecule has 1 aliphatic rings. The number of rotatable bonds is 7. The van der Waals surface area contributed by atoms with Gasteiger partial charge < -0.3 is 19.0 Å². The van der Waals surface area contributed by atoms with E-state index >= 15 is 0 Å². The predicted octanol–water partition coefficient (Wildman–Crippen LogP) is 2.67. The molecule has 1 N–H and O–H groups in total. The second-order valence-electron chi connectivity index (χ2n) is 9.58. The number of hydrogen-bond donors (Lipinski definition) is 1. The van der Waals surface area contributed by atoms with Crippen molar-refractivity contribution in [2.45, 2.75) is 62.9 Å². The molecule has 2 aromatic rings. The Hall–Kier alpha value is -2.17. The Morgan fingerprint density at radius 2 is 1.61 bits per heavy atom. The summed E-state index contributed by atoms with van der Waals surface area (Å²) in [6.07, 6.45) is -6.51. The summed E-state index contributed by atoms with van der Waals surface area (Å²) in [6, 6.07) is 19.6. The second-order valence-corrected chi connectivity index (χ2v) is 13.9. The van der Waals surface area contributed by atoms with Gasteiger partial charge in [-0.05, 0) is 15.4 Å². The SMILES string of the molecule is CO[C@H]1[C@@H](F)O[C@@H](CO[Si](c2ccccc2)(c2ccccc2)C(C)(C)C)[C@H](O)[C@]1(C)[N+](=O)[O-]. The normalized spacial score (nSPS) is 28.5. The van der Waals surface area contributed by atoms with Gasteiger partial charge >= 0.3 is 0 Å². The van der Waals surface area contributed by atoms with Gasteiger partial charge in [0, 0.05) is 19.0 Å². The molecule has 0 amide bonds. The molecule has 5 atom stereocenters. The number of alkyl halides is 1. The van der Waals surface area contributed by atoms with Crippen LogP contribution in [-0.2, 0) is 13.9 Å². The van der Waals surface area contributed by atoms with Crippen LogP contribution >= 0.6 is 0 Å². The maximum atomic E-state index is 14.8. The summed E-state index contributed by atoms with van der Waals surface area (Å²) >= 11 is 0. The van der Waals surface area contributed by atoms with Gasteiger partial charge in [0.25, 0.3) is 13.9 Å². The van der Waals surface area contributed by atoms with E-state index in [1.54, 1.807) is 0 Å². The third-order valence-corrected chi connectivity index (χ3v) is 11.6. The molecule has 33 heavy (non-hydrogen) atoms. The summed E-state index contributed by atoms with van der Waals surface area (Å²) in [5.74, 6) is 0. The van der Waals surface area contributed by atoms with Crippen molar-refractivity contribution in [3.05, 3.63) is 70.8 Å². The zero-order valence-electron chi connectivity index (χ0n) is 19.6. The van der Waals surface area contributed by atoms with Crippen molar-refractivity contribution in [1.29, 1.82) is 0 Å². The van der Waals surface area contributed by atoms with E-state index in [4.69, 9.17) is 13.9 Å². The largest absolute Gasteiger partial charge is 0.405 e. The smallest absolute Gasteiger partial charge is 0.278 e. The third kappa shape index (κ3) is 4.35. The topological polar surface area (TPSA) is 91.1 Å². The molecule has 1 heterocycles. The van der Waals surface area contributed by atoms with Crippen LogP contribution in [0.2, 0.25) is 5.04 Å². The van der Waals surface area contributed by atoms with Crippen molar-refractivity contribution in [3.8, 4) is 0 Å². The molecule has 1 fully saturated rings.